The van der Waals surface area contributed by atoms with E-state index in [4.69, 9.17) is 9.68 Å². The Kier molecular flexibility index (Phi) is 10.8. The lowest BCUT2D eigenvalue weighted by Crippen LogP contribution is -2.35. The number of oxime groups is 2. The van der Waals surface area contributed by atoms with Gasteiger partial charge in [-0.2, -0.15) is 0 Å². The molecule has 0 atom stereocenters. The van der Waals surface area contributed by atoms with Gasteiger partial charge >= 0.3 is 0 Å². The van der Waals surface area contributed by atoms with Crippen molar-refractivity contribution >= 4 is 12.4 Å². The molecule has 0 unspecified atom stereocenters. The maximum absolute atomic E-state index is 5.20. The van der Waals surface area contributed by atoms with Crippen LogP contribution in [0.15, 0.2) is 10.3 Å². The molecule has 0 aromatic carbocycles. The molecule has 0 saturated carbocycles. The summed E-state index contributed by atoms with van der Waals surface area (Å²) < 4.78 is 1.91. The zero-order valence-corrected chi connectivity index (χ0v) is 15.4. The van der Waals surface area contributed by atoms with E-state index in [-0.39, 0.29) is 0 Å². The van der Waals surface area contributed by atoms with Gasteiger partial charge in [0.25, 0.3) is 0 Å². The summed E-state index contributed by atoms with van der Waals surface area (Å²) >= 11 is 0. The lowest BCUT2D eigenvalue weighted by molar-refractivity contribution is -0.870. The third-order valence-electron chi connectivity index (χ3n) is 2.85. The molecule has 0 fully saturated rings. The molecular formula is C16H36N4O2+2. The van der Waals surface area contributed by atoms with E-state index in [0.29, 0.717) is 13.2 Å². The van der Waals surface area contributed by atoms with Gasteiger partial charge in [-0.25, -0.2) is 0 Å². The van der Waals surface area contributed by atoms with Crippen molar-refractivity contribution in [1.82, 2.24) is 0 Å². The average Bonchev–Trinajstić information content (AvgIpc) is 2.36. The standard InChI is InChI=1S/C16H36N4O2/c1-19(2,3)13-9-15-21-17-11-7-8-12-18-22-16-10-14-20(4,5)6/h11-12H,7-10,13-16H2,1-6H3/q+2/b17-11+,18-12+. The van der Waals surface area contributed by atoms with Crippen LogP contribution in [0.1, 0.15) is 25.7 Å². The van der Waals surface area contributed by atoms with E-state index in [2.05, 4.69) is 52.6 Å². The quantitative estimate of drug-likeness (QED) is 0.226. The molecule has 22 heavy (non-hydrogen) atoms. The Balaban J connectivity index is 3.34. The van der Waals surface area contributed by atoms with E-state index in [1.54, 1.807) is 12.4 Å². The van der Waals surface area contributed by atoms with Gasteiger partial charge in [-0.05, 0) is 12.8 Å². The van der Waals surface area contributed by atoms with E-state index in [0.717, 1.165) is 47.7 Å². The minimum absolute atomic E-state index is 0.676. The Labute approximate surface area is 136 Å². The Morgan fingerprint density at radius 3 is 1.36 bits per heavy atom. The number of hydrogen-bond acceptors (Lipinski definition) is 4. The van der Waals surface area contributed by atoms with Crippen molar-refractivity contribution in [3.8, 4) is 0 Å². The van der Waals surface area contributed by atoms with Crippen LogP contribution in [-0.4, -0.2) is 90.0 Å². The van der Waals surface area contributed by atoms with Gasteiger partial charge in [-0.15, -0.1) is 0 Å². The summed E-state index contributed by atoms with van der Waals surface area (Å²) in [6.07, 6.45) is 7.25. The first-order chi connectivity index (χ1) is 10.2. The summed E-state index contributed by atoms with van der Waals surface area (Å²) in [6.45, 7) is 3.53. The molecule has 6 nitrogen and oxygen atoms in total. The van der Waals surface area contributed by atoms with Crippen LogP contribution in [0.25, 0.3) is 0 Å². The van der Waals surface area contributed by atoms with Crippen molar-refractivity contribution in [2.45, 2.75) is 25.7 Å². The number of unbranched alkanes of at least 4 members (excludes halogenated alkanes) is 1. The Bertz CT molecular complexity index is 285. The van der Waals surface area contributed by atoms with Crippen LogP contribution in [0.3, 0.4) is 0 Å². The largest absolute Gasteiger partial charge is 0.396 e. The smallest absolute Gasteiger partial charge is 0.122 e. The van der Waals surface area contributed by atoms with Crippen LogP contribution in [-0.2, 0) is 9.68 Å². The highest BCUT2D eigenvalue weighted by atomic mass is 16.6. The molecule has 0 N–H and O–H groups in total. The summed E-state index contributed by atoms with van der Waals surface area (Å²) in [7, 11) is 13.0. The molecule has 0 bridgehead atoms. The monoisotopic (exact) mass is 316 g/mol. The van der Waals surface area contributed by atoms with Crippen LogP contribution >= 0.6 is 0 Å². The number of hydrogen-bond donors (Lipinski definition) is 0. The summed E-state index contributed by atoms with van der Waals surface area (Å²) in [5.41, 5.74) is 0. The first-order valence-corrected chi connectivity index (χ1v) is 8.09. The molecule has 0 aromatic heterocycles. The fourth-order valence-electron chi connectivity index (χ4n) is 1.67. The Morgan fingerprint density at radius 2 is 1.05 bits per heavy atom. The molecule has 6 heteroatoms. The SMILES string of the molecule is C[N+](C)(C)CCCO/N=C/CC/C=N/OCCC[N+](C)(C)C. The molecular weight excluding hydrogens is 280 g/mol. The van der Waals surface area contributed by atoms with Crippen molar-refractivity contribution in [1.29, 1.82) is 0 Å². The normalized spacial score (nSPS) is 13.2. The molecule has 0 aromatic rings. The maximum atomic E-state index is 5.20. The number of quaternary nitrogens is 2. The van der Waals surface area contributed by atoms with E-state index >= 15 is 0 Å². The second-order valence-electron chi connectivity index (χ2n) is 7.55. The molecule has 0 amide bonds. The fraction of sp³-hybridized carbons (Fsp3) is 0.875. The van der Waals surface area contributed by atoms with Gasteiger partial charge in [-0.1, -0.05) is 10.3 Å². The lowest BCUT2D eigenvalue weighted by atomic mass is 10.3. The van der Waals surface area contributed by atoms with E-state index in [1.165, 1.54) is 0 Å². The van der Waals surface area contributed by atoms with Crippen molar-refractivity contribution in [2.24, 2.45) is 10.3 Å². The lowest BCUT2D eigenvalue weighted by Gasteiger charge is -2.23. The van der Waals surface area contributed by atoms with Gasteiger partial charge in [0.15, 0.2) is 0 Å². The summed E-state index contributed by atoms with van der Waals surface area (Å²) in [5.74, 6) is 0. The van der Waals surface area contributed by atoms with Gasteiger partial charge < -0.3 is 18.6 Å². The maximum Gasteiger partial charge on any atom is 0.122 e. The number of nitrogens with zero attached hydrogens (tertiary/aromatic N) is 4. The minimum atomic E-state index is 0.676. The molecule has 0 aliphatic rings. The predicted molar refractivity (Wildman–Crippen MR) is 93.2 cm³/mol. The van der Waals surface area contributed by atoms with Crippen LogP contribution in [0.2, 0.25) is 0 Å². The van der Waals surface area contributed by atoms with E-state index < -0.39 is 0 Å². The van der Waals surface area contributed by atoms with Gasteiger partial charge in [0.1, 0.15) is 13.2 Å². The van der Waals surface area contributed by atoms with E-state index in [9.17, 15) is 0 Å². The van der Waals surface area contributed by atoms with Crippen LogP contribution in [0.4, 0.5) is 0 Å². The van der Waals surface area contributed by atoms with Crippen LogP contribution in [0.5, 0.6) is 0 Å². The van der Waals surface area contributed by atoms with Crippen molar-refractivity contribution in [3.05, 3.63) is 0 Å². The van der Waals surface area contributed by atoms with Gasteiger partial charge in [0.2, 0.25) is 0 Å². The minimum Gasteiger partial charge on any atom is -0.396 e. The third-order valence-corrected chi connectivity index (χ3v) is 2.85. The van der Waals surface area contributed by atoms with Crippen molar-refractivity contribution < 1.29 is 18.6 Å². The molecule has 0 spiro atoms. The molecule has 0 heterocycles. The van der Waals surface area contributed by atoms with Crippen LogP contribution < -0.4 is 0 Å². The molecule has 0 saturated heterocycles. The number of rotatable bonds is 13. The van der Waals surface area contributed by atoms with Gasteiger partial charge in [0.05, 0.1) is 55.4 Å². The molecule has 0 aliphatic carbocycles. The second kappa shape index (κ2) is 11.4. The summed E-state index contributed by atoms with van der Waals surface area (Å²) in [5, 5.41) is 7.86. The molecule has 0 rings (SSSR count). The Morgan fingerprint density at radius 1 is 0.682 bits per heavy atom. The molecule has 0 aliphatic heterocycles. The predicted octanol–water partition coefficient (Wildman–Crippen LogP) is 1.96. The zero-order chi connectivity index (χ0) is 16.9. The topological polar surface area (TPSA) is 43.2 Å². The summed E-state index contributed by atoms with van der Waals surface area (Å²) in [6, 6.07) is 0. The van der Waals surface area contributed by atoms with Gasteiger partial charge in [-0.3, -0.25) is 0 Å². The van der Waals surface area contributed by atoms with Crippen molar-refractivity contribution in [3.63, 3.8) is 0 Å². The highest BCUT2D eigenvalue weighted by Crippen LogP contribution is 1.95. The summed E-state index contributed by atoms with van der Waals surface area (Å²) in [4.78, 5) is 10.4. The Hall–Kier alpha value is -1.14. The zero-order valence-electron chi connectivity index (χ0n) is 15.4. The molecule has 130 valence electrons. The second-order valence-corrected chi connectivity index (χ2v) is 7.55. The first kappa shape index (κ1) is 20.9. The van der Waals surface area contributed by atoms with Gasteiger partial charge in [0, 0.05) is 25.3 Å². The molecule has 0 radical (unpaired) electrons. The van der Waals surface area contributed by atoms with Crippen molar-refractivity contribution in [2.75, 3.05) is 68.6 Å². The first-order valence-electron chi connectivity index (χ1n) is 8.09. The fourth-order valence-corrected chi connectivity index (χ4v) is 1.67. The highest BCUT2D eigenvalue weighted by Gasteiger charge is 2.05. The van der Waals surface area contributed by atoms with Crippen LogP contribution in [0, 0.1) is 0 Å². The third kappa shape index (κ3) is 18.9. The average molecular weight is 316 g/mol. The van der Waals surface area contributed by atoms with E-state index in [1.807, 2.05) is 0 Å². The highest BCUT2D eigenvalue weighted by molar-refractivity contribution is 5.65.